The van der Waals surface area contributed by atoms with Gasteiger partial charge in [0.1, 0.15) is 5.75 Å². The molecule has 1 aromatic carbocycles. The lowest BCUT2D eigenvalue weighted by Crippen LogP contribution is -2.47. The Hall–Kier alpha value is -2.24. The third-order valence-corrected chi connectivity index (χ3v) is 4.19. The molecule has 138 valence electrons. The Labute approximate surface area is 149 Å². The van der Waals surface area contributed by atoms with E-state index in [1.165, 1.54) is 0 Å². The Balaban J connectivity index is 1.90. The molecule has 3 amide bonds. The summed E-state index contributed by atoms with van der Waals surface area (Å²) in [4.78, 5) is 26.4. The molecule has 1 saturated heterocycles. The minimum absolute atomic E-state index is 0.0503. The summed E-state index contributed by atoms with van der Waals surface area (Å²) in [5, 5.41) is 5.83. The lowest BCUT2D eigenvalue weighted by atomic mass is 9.97. The highest BCUT2D eigenvalue weighted by Gasteiger charge is 2.28. The summed E-state index contributed by atoms with van der Waals surface area (Å²) >= 11 is 0. The van der Waals surface area contributed by atoms with E-state index in [4.69, 9.17) is 4.74 Å². The fourth-order valence-electron chi connectivity index (χ4n) is 2.85. The Morgan fingerprint density at radius 2 is 2.12 bits per heavy atom. The molecule has 1 atom stereocenters. The second kappa shape index (κ2) is 9.91. The lowest BCUT2D eigenvalue weighted by Gasteiger charge is -2.32. The van der Waals surface area contributed by atoms with E-state index in [1.54, 1.807) is 4.90 Å². The zero-order valence-corrected chi connectivity index (χ0v) is 15.2. The molecule has 2 rings (SSSR count). The van der Waals surface area contributed by atoms with Gasteiger partial charge >= 0.3 is 6.03 Å². The standard InChI is InChI=1S/C19H29N3O3/c1-3-10-20-18(23)15-7-6-11-22(14-15)19(24)21-16-8-5-9-17(13-16)25-12-4-2/h5,8-9,13,15H,3-4,6-7,10-12,14H2,1-2H3,(H,20,23)(H,21,24)/t15-/m0/s1. The summed E-state index contributed by atoms with van der Waals surface area (Å²) in [6.07, 6.45) is 3.53. The van der Waals surface area contributed by atoms with Crippen molar-refractivity contribution in [3.8, 4) is 5.75 Å². The molecule has 0 aromatic heterocycles. The number of hydrogen-bond acceptors (Lipinski definition) is 3. The van der Waals surface area contributed by atoms with Crippen LogP contribution in [0.5, 0.6) is 5.75 Å². The van der Waals surface area contributed by atoms with E-state index >= 15 is 0 Å². The average molecular weight is 347 g/mol. The Bertz CT molecular complexity index is 577. The number of nitrogens with zero attached hydrogens (tertiary/aromatic N) is 1. The molecule has 1 aliphatic heterocycles. The SMILES string of the molecule is CCCNC(=O)[C@H]1CCCN(C(=O)Nc2cccc(OCCC)c2)C1. The lowest BCUT2D eigenvalue weighted by molar-refractivity contribution is -0.126. The second-order valence-corrected chi connectivity index (χ2v) is 6.38. The summed E-state index contributed by atoms with van der Waals surface area (Å²) in [5.41, 5.74) is 0.705. The van der Waals surface area contributed by atoms with Crippen molar-refractivity contribution >= 4 is 17.6 Å². The molecule has 2 N–H and O–H groups in total. The molecule has 1 heterocycles. The monoisotopic (exact) mass is 347 g/mol. The number of benzene rings is 1. The number of urea groups is 1. The van der Waals surface area contributed by atoms with Crippen LogP contribution in [-0.2, 0) is 4.79 Å². The van der Waals surface area contributed by atoms with Crippen LogP contribution in [0, 0.1) is 5.92 Å². The zero-order chi connectivity index (χ0) is 18.1. The third kappa shape index (κ3) is 5.96. The van der Waals surface area contributed by atoms with Crippen LogP contribution in [0.3, 0.4) is 0 Å². The Morgan fingerprint density at radius 1 is 1.28 bits per heavy atom. The maximum atomic E-state index is 12.5. The number of hydrogen-bond donors (Lipinski definition) is 2. The van der Waals surface area contributed by atoms with Gasteiger partial charge in [-0.3, -0.25) is 4.79 Å². The number of amides is 3. The fourth-order valence-corrected chi connectivity index (χ4v) is 2.85. The van der Waals surface area contributed by atoms with Crippen molar-refractivity contribution in [1.82, 2.24) is 10.2 Å². The van der Waals surface area contributed by atoms with Crippen LogP contribution >= 0.6 is 0 Å². The molecule has 1 fully saturated rings. The first kappa shape index (κ1) is 19.1. The maximum Gasteiger partial charge on any atom is 0.321 e. The van der Waals surface area contributed by atoms with E-state index in [0.29, 0.717) is 31.9 Å². The number of ether oxygens (including phenoxy) is 1. The smallest absolute Gasteiger partial charge is 0.321 e. The van der Waals surface area contributed by atoms with Gasteiger partial charge in [-0.2, -0.15) is 0 Å². The van der Waals surface area contributed by atoms with Crippen molar-refractivity contribution in [3.63, 3.8) is 0 Å². The quantitative estimate of drug-likeness (QED) is 0.795. The van der Waals surface area contributed by atoms with Gasteiger partial charge in [0.15, 0.2) is 0 Å². The number of nitrogens with one attached hydrogen (secondary N) is 2. The van der Waals surface area contributed by atoms with E-state index in [9.17, 15) is 9.59 Å². The van der Waals surface area contributed by atoms with Crippen molar-refractivity contribution < 1.29 is 14.3 Å². The molecule has 0 aliphatic carbocycles. The van der Waals surface area contributed by atoms with Crippen LogP contribution in [0.1, 0.15) is 39.5 Å². The van der Waals surface area contributed by atoms with Gasteiger partial charge < -0.3 is 20.3 Å². The molecule has 0 unspecified atom stereocenters. The summed E-state index contributed by atoms with van der Waals surface area (Å²) in [7, 11) is 0. The third-order valence-electron chi connectivity index (χ3n) is 4.19. The summed E-state index contributed by atoms with van der Waals surface area (Å²) in [6.45, 7) is 6.56. The van der Waals surface area contributed by atoms with Gasteiger partial charge in [0.05, 0.1) is 12.5 Å². The van der Waals surface area contributed by atoms with Crippen LogP contribution in [0.2, 0.25) is 0 Å². The minimum atomic E-state index is -0.166. The Kier molecular flexibility index (Phi) is 7.57. The van der Waals surface area contributed by atoms with Crippen molar-refractivity contribution in [1.29, 1.82) is 0 Å². The number of anilines is 1. The molecular weight excluding hydrogens is 318 g/mol. The molecule has 6 heteroatoms. The topological polar surface area (TPSA) is 70.7 Å². The molecule has 0 bridgehead atoms. The minimum Gasteiger partial charge on any atom is -0.494 e. The first-order valence-corrected chi connectivity index (χ1v) is 9.20. The second-order valence-electron chi connectivity index (χ2n) is 6.38. The average Bonchev–Trinajstić information content (AvgIpc) is 2.64. The number of carbonyl (C=O) groups excluding carboxylic acids is 2. The van der Waals surface area contributed by atoms with Crippen molar-refractivity contribution in [2.24, 2.45) is 5.92 Å². The summed E-state index contributed by atoms with van der Waals surface area (Å²) < 4.78 is 5.59. The first-order chi connectivity index (χ1) is 12.1. The van der Waals surface area contributed by atoms with Crippen LogP contribution in [0.4, 0.5) is 10.5 Å². The van der Waals surface area contributed by atoms with E-state index in [2.05, 4.69) is 17.6 Å². The number of carbonyl (C=O) groups is 2. The van der Waals surface area contributed by atoms with E-state index < -0.39 is 0 Å². The van der Waals surface area contributed by atoms with Crippen molar-refractivity contribution in [3.05, 3.63) is 24.3 Å². The van der Waals surface area contributed by atoms with E-state index in [1.807, 2.05) is 31.2 Å². The van der Waals surface area contributed by atoms with Gasteiger partial charge in [0, 0.05) is 31.4 Å². The van der Waals surface area contributed by atoms with Gasteiger partial charge in [-0.15, -0.1) is 0 Å². The van der Waals surface area contributed by atoms with Crippen molar-refractivity contribution in [2.75, 3.05) is 31.6 Å². The summed E-state index contributed by atoms with van der Waals surface area (Å²) in [6, 6.07) is 7.23. The normalized spacial score (nSPS) is 17.0. The van der Waals surface area contributed by atoms with Gasteiger partial charge in [-0.25, -0.2) is 4.79 Å². The summed E-state index contributed by atoms with van der Waals surface area (Å²) in [5.74, 6) is 0.676. The van der Waals surface area contributed by atoms with Crippen LogP contribution < -0.4 is 15.4 Å². The van der Waals surface area contributed by atoms with E-state index in [0.717, 1.165) is 31.4 Å². The number of piperidine rings is 1. The van der Waals surface area contributed by atoms with Crippen LogP contribution in [-0.4, -0.2) is 43.1 Å². The molecule has 6 nitrogen and oxygen atoms in total. The first-order valence-electron chi connectivity index (χ1n) is 9.20. The molecule has 0 spiro atoms. The molecule has 0 radical (unpaired) electrons. The predicted molar refractivity (Wildman–Crippen MR) is 98.8 cm³/mol. The molecule has 25 heavy (non-hydrogen) atoms. The van der Waals surface area contributed by atoms with Gasteiger partial charge in [0.2, 0.25) is 5.91 Å². The zero-order valence-electron chi connectivity index (χ0n) is 15.2. The molecule has 1 aliphatic rings. The van der Waals surface area contributed by atoms with Gasteiger partial charge in [-0.1, -0.05) is 19.9 Å². The fraction of sp³-hybridized carbons (Fsp3) is 0.579. The highest BCUT2D eigenvalue weighted by Crippen LogP contribution is 2.20. The predicted octanol–water partition coefficient (Wildman–Crippen LogP) is 3.25. The van der Waals surface area contributed by atoms with Crippen LogP contribution in [0.25, 0.3) is 0 Å². The Morgan fingerprint density at radius 3 is 2.88 bits per heavy atom. The maximum absolute atomic E-state index is 12.5. The largest absolute Gasteiger partial charge is 0.494 e. The highest BCUT2D eigenvalue weighted by molar-refractivity contribution is 5.90. The van der Waals surface area contributed by atoms with E-state index in [-0.39, 0.29) is 17.9 Å². The highest BCUT2D eigenvalue weighted by atomic mass is 16.5. The van der Waals surface area contributed by atoms with Crippen molar-refractivity contribution in [2.45, 2.75) is 39.5 Å². The van der Waals surface area contributed by atoms with Gasteiger partial charge in [0.25, 0.3) is 0 Å². The number of likely N-dealkylation sites (tertiary alicyclic amines) is 1. The molecule has 0 saturated carbocycles. The molecular formula is C19H29N3O3. The van der Waals surface area contributed by atoms with Crippen LogP contribution in [0.15, 0.2) is 24.3 Å². The molecule has 1 aromatic rings. The number of rotatable bonds is 7. The van der Waals surface area contributed by atoms with Gasteiger partial charge in [-0.05, 0) is 37.8 Å².